The molecule has 0 bridgehead atoms. The molecular formula is C50H101O8P. The van der Waals surface area contributed by atoms with Crippen molar-refractivity contribution >= 4 is 19.8 Å². The molecule has 0 aliphatic heterocycles. The normalized spacial score (nSPS) is 12.5. The third-order valence-corrected chi connectivity index (χ3v) is 12.8. The minimum atomic E-state index is -3.40. The first-order chi connectivity index (χ1) is 28.7. The quantitative estimate of drug-likeness (QED) is 0.0339. The molecule has 0 N–H and O–H groups in total. The maximum atomic E-state index is 13.0. The fraction of sp³-hybridized carbons (Fsp3) is 0.960. The fourth-order valence-corrected chi connectivity index (χ4v) is 8.18. The first-order valence-electron chi connectivity index (χ1n) is 25.6. The van der Waals surface area contributed by atoms with Gasteiger partial charge in [0.1, 0.15) is 0 Å². The van der Waals surface area contributed by atoms with Gasteiger partial charge >= 0.3 is 19.8 Å². The lowest BCUT2D eigenvalue weighted by Crippen LogP contribution is -2.13. The summed E-state index contributed by atoms with van der Waals surface area (Å²) in [7, 11) is -3.40. The van der Waals surface area contributed by atoms with E-state index in [0.717, 1.165) is 103 Å². The Bertz CT molecular complexity index is 825. The molecule has 2 atom stereocenters. The smallest absolute Gasteiger partial charge is 0.465 e. The lowest BCUT2D eigenvalue weighted by molar-refractivity contribution is -0.146. The average molecular weight is 861 g/mol. The Kier molecular flexibility index (Phi) is 49.0. The topological polar surface area (TPSA) is 97.4 Å². The monoisotopic (exact) mass is 861 g/mol. The molecule has 354 valence electrons. The van der Waals surface area contributed by atoms with Gasteiger partial charge in [-0.1, -0.05) is 209 Å². The molecule has 0 aliphatic rings. The van der Waals surface area contributed by atoms with Crippen LogP contribution in [0.2, 0.25) is 0 Å². The molecule has 0 spiro atoms. The van der Waals surface area contributed by atoms with E-state index in [4.69, 9.17) is 23.0 Å². The van der Waals surface area contributed by atoms with E-state index in [-0.39, 0.29) is 11.9 Å². The summed E-state index contributed by atoms with van der Waals surface area (Å²) in [4.78, 5) is 23.7. The zero-order valence-electron chi connectivity index (χ0n) is 40.4. The molecule has 9 heteroatoms. The van der Waals surface area contributed by atoms with Gasteiger partial charge in [-0.3, -0.25) is 23.2 Å². The standard InChI is InChI=1S/C26H50O4.C24H51O4P/c1-5-9-17-23(7-3)21-29-25(27)19-15-13-11-12-14-16-20-26(28)30-22-24(8-4)18-10-6-2;1-4-7-10-13-16-19-22-26-29(25,27-23-20-17-14-11-8-5-2)28-24-21-18-15-12-9-6-3/h23-24H,5-22H2,1-4H3;4-24H2,1-3H3. The number of carbonyl (C=O) groups is 2. The minimum absolute atomic E-state index is 0.0444. The van der Waals surface area contributed by atoms with E-state index < -0.39 is 7.82 Å². The Labute approximate surface area is 367 Å². The van der Waals surface area contributed by atoms with Gasteiger partial charge in [0.25, 0.3) is 0 Å². The highest BCUT2D eigenvalue weighted by Gasteiger charge is 2.26. The van der Waals surface area contributed by atoms with E-state index in [0.29, 0.717) is 57.7 Å². The van der Waals surface area contributed by atoms with E-state index in [1.165, 1.54) is 103 Å². The van der Waals surface area contributed by atoms with Crippen molar-refractivity contribution in [2.24, 2.45) is 11.8 Å². The van der Waals surface area contributed by atoms with Crippen LogP contribution in [0.3, 0.4) is 0 Å². The number of rotatable bonds is 45. The maximum Gasteiger partial charge on any atom is 0.474 e. The molecule has 0 fully saturated rings. The molecule has 8 nitrogen and oxygen atoms in total. The molecule has 0 aromatic rings. The van der Waals surface area contributed by atoms with Crippen molar-refractivity contribution < 1.29 is 37.2 Å². The number of unbranched alkanes of at least 4 members (excludes halogenated alkanes) is 22. The van der Waals surface area contributed by atoms with E-state index >= 15 is 0 Å². The van der Waals surface area contributed by atoms with Crippen molar-refractivity contribution in [2.45, 2.75) is 267 Å². The summed E-state index contributed by atoms with van der Waals surface area (Å²) in [5, 5.41) is 0. The van der Waals surface area contributed by atoms with E-state index in [1.54, 1.807) is 0 Å². The number of hydrogen-bond acceptors (Lipinski definition) is 8. The van der Waals surface area contributed by atoms with Gasteiger partial charge in [-0.25, -0.2) is 4.57 Å². The Hall–Kier alpha value is -0.950. The number of hydrogen-bond donors (Lipinski definition) is 0. The molecule has 0 heterocycles. The highest BCUT2D eigenvalue weighted by Crippen LogP contribution is 2.50. The predicted octanol–water partition coefficient (Wildman–Crippen LogP) is 16.9. The molecule has 0 saturated carbocycles. The van der Waals surface area contributed by atoms with Crippen LogP contribution < -0.4 is 0 Å². The van der Waals surface area contributed by atoms with E-state index in [9.17, 15) is 14.2 Å². The summed E-state index contributed by atoms with van der Waals surface area (Å²) in [6.45, 7) is 18.0. The second-order valence-corrected chi connectivity index (χ2v) is 18.7. The van der Waals surface area contributed by atoms with Crippen molar-refractivity contribution in [3.05, 3.63) is 0 Å². The number of ether oxygens (including phenoxy) is 2. The average Bonchev–Trinajstić information content (AvgIpc) is 3.24. The number of esters is 2. The Morgan fingerprint density at radius 2 is 0.644 bits per heavy atom. The highest BCUT2D eigenvalue weighted by atomic mass is 31.2. The van der Waals surface area contributed by atoms with Gasteiger partial charge in [0.15, 0.2) is 0 Å². The molecule has 0 aromatic carbocycles. The lowest BCUT2D eigenvalue weighted by Gasteiger charge is -2.18. The number of carbonyl (C=O) groups excluding carboxylic acids is 2. The van der Waals surface area contributed by atoms with Gasteiger partial charge < -0.3 is 9.47 Å². The van der Waals surface area contributed by atoms with Crippen molar-refractivity contribution in [3.63, 3.8) is 0 Å². The van der Waals surface area contributed by atoms with Gasteiger partial charge in [0.2, 0.25) is 0 Å². The first kappa shape index (κ1) is 60.1. The summed E-state index contributed by atoms with van der Waals surface area (Å²) < 4.78 is 40.7. The van der Waals surface area contributed by atoms with Gasteiger partial charge in [-0.2, -0.15) is 0 Å². The number of phosphoric ester groups is 1. The fourth-order valence-electron chi connectivity index (χ4n) is 6.90. The molecule has 0 aromatic heterocycles. The first-order valence-corrected chi connectivity index (χ1v) is 27.1. The summed E-state index contributed by atoms with van der Waals surface area (Å²) >= 11 is 0. The molecule has 0 saturated heterocycles. The van der Waals surface area contributed by atoms with Crippen LogP contribution in [0, 0.1) is 11.8 Å². The second-order valence-electron chi connectivity index (χ2n) is 17.1. The van der Waals surface area contributed by atoms with Gasteiger partial charge in [0.05, 0.1) is 33.0 Å². The van der Waals surface area contributed by atoms with Crippen molar-refractivity contribution in [1.82, 2.24) is 0 Å². The predicted molar refractivity (Wildman–Crippen MR) is 251 cm³/mol. The van der Waals surface area contributed by atoms with Crippen LogP contribution in [0.5, 0.6) is 0 Å². The van der Waals surface area contributed by atoms with Gasteiger partial charge in [-0.15, -0.1) is 0 Å². The van der Waals surface area contributed by atoms with Crippen LogP contribution in [-0.2, 0) is 37.2 Å². The summed E-state index contributed by atoms with van der Waals surface area (Å²) in [5.74, 6) is 0.948. The summed E-state index contributed by atoms with van der Waals surface area (Å²) in [6.07, 6.45) is 37.8. The van der Waals surface area contributed by atoms with Crippen LogP contribution in [0.4, 0.5) is 0 Å². The van der Waals surface area contributed by atoms with Crippen molar-refractivity contribution in [1.29, 1.82) is 0 Å². The van der Waals surface area contributed by atoms with Crippen molar-refractivity contribution in [3.8, 4) is 0 Å². The van der Waals surface area contributed by atoms with Crippen LogP contribution >= 0.6 is 7.82 Å². The summed E-state index contributed by atoms with van der Waals surface area (Å²) in [6, 6.07) is 0. The maximum absolute atomic E-state index is 13.0. The molecule has 59 heavy (non-hydrogen) atoms. The Morgan fingerprint density at radius 1 is 0.373 bits per heavy atom. The SMILES string of the molecule is CCCCC(CC)COC(=O)CCCCCCCCC(=O)OCC(CC)CCCC.CCCCCCCCOP(=O)(OCCCCCCCC)OCCCCCCCC. The Morgan fingerprint density at radius 3 is 0.932 bits per heavy atom. The van der Waals surface area contributed by atoms with Crippen LogP contribution in [0.25, 0.3) is 0 Å². The van der Waals surface area contributed by atoms with E-state index in [2.05, 4.69) is 48.5 Å². The third-order valence-electron chi connectivity index (χ3n) is 11.3. The summed E-state index contributed by atoms with van der Waals surface area (Å²) in [5.41, 5.74) is 0. The largest absolute Gasteiger partial charge is 0.474 e. The molecular weight excluding hydrogens is 760 g/mol. The molecule has 0 aliphatic carbocycles. The van der Waals surface area contributed by atoms with Gasteiger partial charge in [-0.05, 0) is 56.8 Å². The third kappa shape index (κ3) is 44.9. The van der Waals surface area contributed by atoms with E-state index in [1.807, 2.05) is 0 Å². The molecule has 2 unspecified atom stereocenters. The molecule has 0 radical (unpaired) electrons. The van der Waals surface area contributed by atoms with Gasteiger partial charge in [0, 0.05) is 12.8 Å². The molecule has 0 rings (SSSR count). The zero-order valence-corrected chi connectivity index (χ0v) is 41.3. The van der Waals surface area contributed by atoms with Crippen LogP contribution in [0.15, 0.2) is 0 Å². The minimum Gasteiger partial charge on any atom is -0.465 e. The second kappa shape index (κ2) is 48.1. The van der Waals surface area contributed by atoms with Crippen LogP contribution in [-0.4, -0.2) is 45.0 Å². The molecule has 0 amide bonds. The van der Waals surface area contributed by atoms with Crippen molar-refractivity contribution in [2.75, 3.05) is 33.0 Å². The zero-order chi connectivity index (χ0) is 43.9. The Balaban J connectivity index is 0. The highest BCUT2D eigenvalue weighted by molar-refractivity contribution is 7.48. The van der Waals surface area contributed by atoms with Crippen LogP contribution in [0.1, 0.15) is 267 Å². The number of phosphoric acid groups is 1. The lowest BCUT2D eigenvalue weighted by atomic mass is 10.0.